The Balaban J connectivity index is 2.76. The number of halogens is 5. The smallest absolute Gasteiger partial charge is 0.288 e. The second-order valence-electron chi connectivity index (χ2n) is 3.08. The second kappa shape index (κ2) is 4.66. The van der Waals surface area contributed by atoms with Crippen LogP contribution < -0.4 is 11.0 Å². The predicted molar refractivity (Wildman–Crippen MR) is 50.5 cm³/mol. The van der Waals surface area contributed by atoms with E-state index in [2.05, 4.69) is 15.3 Å². The van der Waals surface area contributed by atoms with Crippen LogP contribution >= 0.6 is 0 Å². The Morgan fingerprint density at radius 2 is 1.89 bits per heavy atom. The van der Waals surface area contributed by atoms with Crippen LogP contribution in [0, 0.1) is 6.92 Å². The molecule has 1 heterocycles. The highest BCUT2D eigenvalue weighted by atomic mass is 19.4. The number of alkyl halides is 5. The molecule has 0 fully saturated rings. The molecule has 0 aliphatic heterocycles. The maximum absolute atomic E-state index is 12.4. The summed E-state index contributed by atoms with van der Waals surface area (Å²) < 4.78 is 59.9. The van der Waals surface area contributed by atoms with Gasteiger partial charge in [0, 0.05) is 0 Å². The average molecular weight is 271 g/mol. The molecule has 18 heavy (non-hydrogen) atoms. The molecule has 0 atom stereocenters. The van der Waals surface area contributed by atoms with E-state index in [9.17, 15) is 26.7 Å². The molecule has 6 nitrogen and oxygen atoms in total. The van der Waals surface area contributed by atoms with Crippen LogP contribution in [0.4, 0.5) is 27.9 Å². The first-order valence-corrected chi connectivity index (χ1v) is 4.32. The summed E-state index contributed by atoms with van der Waals surface area (Å²) in [6, 6.07) is 0. The molecule has 100 valence electrons. The molecule has 0 saturated carbocycles. The van der Waals surface area contributed by atoms with E-state index in [1.54, 1.807) is 5.43 Å². The summed E-state index contributed by atoms with van der Waals surface area (Å²) in [5, 5.41) is 9.20. The standard InChI is InChI=1S/C7H6F5N5O/c1-3-4(18)14-5(17-15-3)16-13-2-6(8,9)7(10,11)12/h2H,1H3,(H2,14,16,17,18). The van der Waals surface area contributed by atoms with Gasteiger partial charge in [0.25, 0.3) is 5.56 Å². The fourth-order valence-electron chi connectivity index (χ4n) is 0.691. The van der Waals surface area contributed by atoms with E-state index in [0.717, 1.165) is 0 Å². The van der Waals surface area contributed by atoms with Crippen molar-refractivity contribution < 1.29 is 22.0 Å². The minimum atomic E-state index is -5.75. The number of hydrogen-bond donors (Lipinski definition) is 2. The maximum Gasteiger partial charge on any atom is 0.459 e. The van der Waals surface area contributed by atoms with Crippen molar-refractivity contribution in [1.29, 1.82) is 0 Å². The summed E-state index contributed by atoms with van der Waals surface area (Å²) in [6.07, 6.45) is -6.39. The Morgan fingerprint density at radius 3 is 2.39 bits per heavy atom. The molecule has 0 saturated heterocycles. The summed E-state index contributed by atoms with van der Waals surface area (Å²) in [5.74, 6) is -5.54. The van der Waals surface area contributed by atoms with Gasteiger partial charge in [0.1, 0.15) is 11.9 Å². The zero-order valence-corrected chi connectivity index (χ0v) is 8.72. The molecular weight excluding hydrogens is 265 g/mol. The van der Waals surface area contributed by atoms with Crippen LogP contribution in [0.1, 0.15) is 5.69 Å². The third-order valence-electron chi connectivity index (χ3n) is 1.64. The fourth-order valence-corrected chi connectivity index (χ4v) is 0.691. The number of H-pyrrole nitrogens is 1. The number of nitrogens with one attached hydrogen (secondary N) is 2. The Kier molecular flexibility index (Phi) is 3.62. The lowest BCUT2D eigenvalue weighted by Crippen LogP contribution is -2.38. The number of aryl methyl sites for hydroxylation is 1. The third kappa shape index (κ3) is 3.21. The van der Waals surface area contributed by atoms with Crippen LogP contribution in [0.2, 0.25) is 0 Å². The number of anilines is 1. The van der Waals surface area contributed by atoms with Gasteiger partial charge in [-0.2, -0.15) is 27.1 Å². The van der Waals surface area contributed by atoms with Gasteiger partial charge in [-0.15, -0.1) is 10.2 Å². The van der Waals surface area contributed by atoms with Gasteiger partial charge in [-0.05, 0) is 6.92 Å². The van der Waals surface area contributed by atoms with Gasteiger partial charge in [-0.3, -0.25) is 9.78 Å². The molecular formula is C7H6F5N5O. The first kappa shape index (κ1) is 14.0. The van der Waals surface area contributed by atoms with Crippen LogP contribution in [0.3, 0.4) is 0 Å². The molecule has 0 aromatic carbocycles. The summed E-state index contributed by atoms with van der Waals surface area (Å²) in [6.45, 7) is 1.33. The first-order chi connectivity index (χ1) is 8.13. The highest BCUT2D eigenvalue weighted by molar-refractivity contribution is 5.68. The summed E-state index contributed by atoms with van der Waals surface area (Å²) in [4.78, 5) is 13.0. The molecule has 0 spiro atoms. The summed E-state index contributed by atoms with van der Waals surface area (Å²) in [5.41, 5.74) is 1.03. The molecule has 0 aliphatic rings. The lowest BCUT2D eigenvalue weighted by Gasteiger charge is -2.14. The van der Waals surface area contributed by atoms with Crippen LogP contribution in [0.25, 0.3) is 0 Å². The van der Waals surface area contributed by atoms with Crippen molar-refractivity contribution in [3.8, 4) is 0 Å². The molecule has 0 unspecified atom stereocenters. The SMILES string of the molecule is Cc1nnc(NN=CC(F)(F)C(F)(F)F)[nH]c1=O. The van der Waals surface area contributed by atoms with Crippen LogP contribution in [0.15, 0.2) is 9.90 Å². The number of aromatic nitrogens is 3. The normalized spacial score (nSPS) is 13.0. The lowest BCUT2D eigenvalue weighted by atomic mass is 10.4. The van der Waals surface area contributed by atoms with Gasteiger partial charge in [0.05, 0.1) is 0 Å². The van der Waals surface area contributed by atoms with Crippen molar-refractivity contribution in [2.75, 3.05) is 5.43 Å². The number of nitrogens with zero attached hydrogens (tertiary/aromatic N) is 3. The molecule has 1 aromatic heterocycles. The minimum Gasteiger partial charge on any atom is -0.288 e. The fraction of sp³-hybridized carbons (Fsp3) is 0.429. The maximum atomic E-state index is 12.4. The molecule has 0 amide bonds. The molecule has 2 N–H and O–H groups in total. The summed E-state index contributed by atoms with van der Waals surface area (Å²) >= 11 is 0. The lowest BCUT2D eigenvalue weighted by molar-refractivity contribution is -0.247. The Bertz CT molecular complexity index is 508. The van der Waals surface area contributed by atoms with E-state index >= 15 is 0 Å². The Morgan fingerprint density at radius 1 is 1.28 bits per heavy atom. The van der Waals surface area contributed by atoms with Crippen LogP contribution in [0.5, 0.6) is 0 Å². The topological polar surface area (TPSA) is 83.0 Å². The van der Waals surface area contributed by atoms with E-state index in [0.29, 0.717) is 0 Å². The number of rotatable bonds is 3. The molecule has 0 aliphatic carbocycles. The van der Waals surface area contributed by atoms with Crippen LogP contribution in [-0.2, 0) is 0 Å². The van der Waals surface area contributed by atoms with Gasteiger partial charge in [-0.1, -0.05) is 0 Å². The highest BCUT2D eigenvalue weighted by Gasteiger charge is 2.56. The van der Waals surface area contributed by atoms with E-state index in [1.165, 1.54) is 6.92 Å². The zero-order chi connectivity index (χ0) is 14.0. The monoisotopic (exact) mass is 271 g/mol. The number of aromatic amines is 1. The molecule has 0 radical (unpaired) electrons. The minimum absolute atomic E-state index is 0.00477. The van der Waals surface area contributed by atoms with Gasteiger partial charge >= 0.3 is 12.1 Å². The van der Waals surface area contributed by atoms with Crippen molar-refractivity contribution in [1.82, 2.24) is 15.2 Å². The largest absolute Gasteiger partial charge is 0.459 e. The Hall–Kier alpha value is -2.07. The van der Waals surface area contributed by atoms with E-state index in [-0.39, 0.29) is 5.69 Å². The van der Waals surface area contributed by atoms with Crippen molar-refractivity contribution >= 4 is 12.2 Å². The van der Waals surface area contributed by atoms with Crippen molar-refractivity contribution in [2.24, 2.45) is 5.10 Å². The van der Waals surface area contributed by atoms with Gasteiger partial charge in [0.15, 0.2) is 0 Å². The average Bonchev–Trinajstić information content (AvgIpc) is 2.21. The van der Waals surface area contributed by atoms with Gasteiger partial charge in [-0.25, -0.2) is 5.43 Å². The second-order valence-corrected chi connectivity index (χ2v) is 3.08. The molecule has 0 bridgehead atoms. The molecule has 11 heteroatoms. The van der Waals surface area contributed by atoms with E-state index in [4.69, 9.17) is 0 Å². The molecule has 1 rings (SSSR count). The van der Waals surface area contributed by atoms with Gasteiger partial charge in [0.2, 0.25) is 5.95 Å². The van der Waals surface area contributed by atoms with Crippen molar-refractivity contribution in [3.05, 3.63) is 16.0 Å². The van der Waals surface area contributed by atoms with E-state index in [1.807, 2.05) is 4.98 Å². The van der Waals surface area contributed by atoms with E-state index < -0.39 is 29.8 Å². The predicted octanol–water partition coefficient (Wildman–Crippen LogP) is 1.07. The number of hydrogen-bond acceptors (Lipinski definition) is 5. The van der Waals surface area contributed by atoms with Gasteiger partial charge < -0.3 is 0 Å². The quantitative estimate of drug-likeness (QED) is 0.489. The molecule has 1 aromatic rings. The first-order valence-electron chi connectivity index (χ1n) is 4.32. The third-order valence-corrected chi connectivity index (χ3v) is 1.64. The highest BCUT2D eigenvalue weighted by Crippen LogP contribution is 2.33. The Labute approximate surface area is 95.9 Å². The number of hydrazone groups is 1. The van der Waals surface area contributed by atoms with Crippen molar-refractivity contribution in [3.63, 3.8) is 0 Å². The van der Waals surface area contributed by atoms with Crippen LogP contribution in [-0.4, -0.2) is 33.5 Å². The van der Waals surface area contributed by atoms with Crippen molar-refractivity contribution in [2.45, 2.75) is 19.0 Å². The summed E-state index contributed by atoms with van der Waals surface area (Å²) in [7, 11) is 0. The zero-order valence-electron chi connectivity index (χ0n) is 8.72.